The number of hydrogen-bond donors (Lipinski definition) is 0. The maximum Gasteiger partial charge on any atom is 0.193 e. The first-order chi connectivity index (χ1) is 7.10. The highest BCUT2D eigenvalue weighted by atomic mass is 32.2. The summed E-state index contributed by atoms with van der Waals surface area (Å²) in [6.07, 6.45) is 3.54. The van der Waals surface area contributed by atoms with Gasteiger partial charge in [-0.1, -0.05) is 50.1 Å². The summed E-state index contributed by atoms with van der Waals surface area (Å²) in [5.41, 5.74) is 0. The summed E-state index contributed by atoms with van der Waals surface area (Å²) in [6, 6.07) is 0. The van der Waals surface area contributed by atoms with Crippen LogP contribution >= 0.6 is 11.8 Å². The van der Waals surface area contributed by atoms with Gasteiger partial charge in [0.05, 0.1) is 6.42 Å². The van der Waals surface area contributed by atoms with E-state index < -0.39 is 11.2 Å². The van der Waals surface area contributed by atoms with Crippen LogP contribution in [0.25, 0.3) is 0 Å². The molecule has 0 amide bonds. The number of rotatable bonds is 8. The van der Waals surface area contributed by atoms with E-state index in [1.807, 2.05) is 0 Å². The lowest BCUT2D eigenvalue weighted by Gasteiger charge is -2.10. The van der Waals surface area contributed by atoms with Gasteiger partial charge in [-0.3, -0.25) is 4.79 Å². The van der Waals surface area contributed by atoms with E-state index in [-0.39, 0.29) is 5.12 Å². The second-order valence-corrected chi connectivity index (χ2v) is 6.85. The van der Waals surface area contributed by atoms with Gasteiger partial charge in [0.2, 0.25) is 0 Å². The lowest BCUT2D eigenvalue weighted by molar-refractivity contribution is -0.110. The third-order valence-corrected chi connectivity index (χ3v) is 4.77. The van der Waals surface area contributed by atoms with Gasteiger partial charge in [-0.25, -0.2) is 0 Å². The van der Waals surface area contributed by atoms with Crippen LogP contribution in [0.4, 0.5) is 0 Å². The highest BCUT2D eigenvalue weighted by Crippen LogP contribution is 2.16. The standard InChI is InChI=1S/C11H22O2S2/c1-4-6-8-15(13)9-7-11(12)14-10(3)5-2/h10H,4-9H2,1-3H3. The molecule has 0 aromatic rings. The second-order valence-electron chi connectivity index (χ2n) is 3.66. The van der Waals surface area contributed by atoms with Crippen molar-refractivity contribution in [2.45, 2.75) is 51.7 Å². The Kier molecular flexibility index (Phi) is 9.76. The summed E-state index contributed by atoms with van der Waals surface area (Å²) in [7, 11) is 0. The third kappa shape index (κ3) is 9.27. The van der Waals surface area contributed by atoms with Gasteiger partial charge in [0.1, 0.15) is 11.5 Å². The van der Waals surface area contributed by atoms with Crippen LogP contribution in [-0.4, -0.2) is 26.4 Å². The largest absolute Gasteiger partial charge is 0.616 e. The van der Waals surface area contributed by atoms with Crippen molar-refractivity contribution in [1.29, 1.82) is 0 Å². The summed E-state index contributed by atoms with van der Waals surface area (Å²) in [5, 5.41) is 0.579. The number of thioether (sulfide) groups is 1. The molecule has 0 aliphatic carbocycles. The third-order valence-electron chi connectivity index (χ3n) is 2.17. The smallest absolute Gasteiger partial charge is 0.193 e. The molecule has 15 heavy (non-hydrogen) atoms. The average Bonchev–Trinajstić information content (AvgIpc) is 2.23. The maximum atomic E-state index is 11.4. The average molecular weight is 250 g/mol. The van der Waals surface area contributed by atoms with E-state index in [4.69, 9.17) is 0 Å². The van der Waals surface area contributed by atoms with E-state index in [0.717, 1.165) is 25.0 Å². The Morgan fingerprint density at radius 1 is 1.40 bits per heavy atom. The van der Waals surface area contributed by atoms with Crippen molar-refractivity contribution in [3.63, 3.8) is 0 Å². The molecule has 0 saturated heterocycles. The van der Waals surface area contributed by atoms with Crippen LogP contribution in [-0.2, 0) is 16.0 Å². The van der Waals surface area contributed by atoms with Gasteiger partial charge < -0.3 is 4.55 Å². The Bertz CT molecular complexity index is 174. The Labute approximate surface area is 101 Å². The normalized spacial score (nSPS) is 14.9. The quantitative estimate of drug-likeness (QED) is 0.622. The minimum absolute atomic E-state index is 0.189. The number of unbranched alkanes of at least 4 members (excludes halogenated alkanes) is 1. The van der Waals surface area contributed by atoms with Crippen LogP contribution < -0.4 is 0 Å². The van der Waals surface area contributed by atoms with Crippen molar-refractivity contribution in [2.24, 2.45) is 0 Å². The molecule has 4 heteroatoms. The predicted octanol–water partition coefficient (Wildman–Crippen LogP) is 2.98. The summed E-state index contributed by atoms with van der Waals surface area (Å²) >= 11 is 0.601. The fourth-order valence-electron chi connectivity index (χ4n) is 0.971. The Balaban J connectivity index is 3.52. The molecule has 2 nitrogen and oxygen atoms in total. The lowest BCUT2D eigenvalue weighted by Crippen LogP contribution is -2.14. The van der Waals surface area contributed by atoms with Crippen molar-refractivity contribution in [1.82, 2.24) is 0 Å². The minimum Gasteiger partial charge on any atom is -0.616 e. The molecule has 0 bridgehead atoms. The first-order valence-corrected chi connectivity index (χ1v) is 8.01. The molecule has 0 N–H and O–H groups in total. The van der Waals surface area contributed by atoms with E-state index in [1.165, 1.54) is 11.8 Å². The van der Waals surface area contributed by atoms with Crippen LogP contribution in [0.3, 0.4) is 0 Å². The Hall–Kier alpha value is 0.330. The highest BCUT2D eigenvalue weighted by Gasteiger charge is 2.12. The monoisotopic (exact) mass is 250 g/mol. The molecule has 0 spiro atoms. The molecule has 90 valence electrons. The fourth-order valence-corrected chi connectivity index (χ4v) is 3.16. The minimum atomic E-state index is -0.791. The lowest BCUT2D eigenvalue weighted by atomic mass is 10.4. The van der Waals surface area contributed by atoms with E-state index in [1.54, 1.807) is 0 Å². The van der Waals surface area contributed by atoms with Gasteiger partial charge in [0.15, 0.2) is 5.12 Å². The molecule has 0 heterocycles. The molecule has 0 rings (SSSR count). The zero-order valence-electron chi connectivity index (χ0n) is 9.95. The molecule has 0 fully saturated rings. The van der Waals surface area contributed by atoms with Crippen LogP contribution in [0, 0.1) is 0 Å². The summed E-state index contributed by atoms with van der Waals surface area (Å²) in [4.78, 5) is 11.4. The highest BCUT2D eigenvalue weighted by molar-refractivity contribution is 8.14. The topological polar surface area (TPSA) is 40.1 Å². The molecule has 0 aliphatic rings. The molecule has 0 saturated carbocycles. The van der Waals surface area contributed by atoms with E-state index >= 15 is 0 Å². The van der Waals surface area contributed by atoms with E-state index in [9.17, 15) is 9.35 Å². The molecular weight excluding hydrogens is 228 g/mol. The van der Waals surface area contributed by atoms with Crippen LogP contribution in [0.5, 0.6) is 0 Å². The second kappa shape index (κ2) is 9.55. The van der Waals surface area contributed by atoms with E-state index in [2.05, 4.69) is 20.8 Å². The van der Waals surface area contributed by atoms with Crippen molar-refractivity contribution in [2.75, 3.05) is 11.5 Å². The molecule has 0 aliphatic heterocycles. The molecule has 0 radical (unpaired) electrons. The number of carbonyl (C=O) groups is 1. The van der Waals surface area contributed by atoms with Gasteiger partial charge >= 0.3 is 0 Å². The Morgan fingerprint density at radius 2 is 2.07 bits per heavy atom. The number of hydrogen-bond acceptors (Lipinski definition) is 3. The van der Waals surface area contributed by atoms with Gasteiger partial charge in [-0.05, 0) is 12.8 Å². The predicted molar refractivity (Wildman–Crippen MR) is 69.8 cm³/mol. The van der Waals surface area contributed by atoms with Crippen molar-refractivity contribution < 1.29 is 9.35 Å². The van der Waals surface area contributed by atoms with Crippen LogP contribution in [0.2, 0.25) is 0 Å². The summed E-state index contributed by atoms with van der Waals surface area (Å²) in [6.45, 7) is 6.21. The first kappa shape index (κ1) is 15.3. The van der Waals surface area contributed by atoms with Crippen molar-refractivity contribution in [3.05, 3.63) is 0 Å². The summed E-state index contributed by atoms with van der Waals surface area (Å²) < 4.78 is 11.4. The zero-order chi connectivity index (χ0) is 11.7. The van der Waals surface area contributed by atoms with Crippen LogP contribution in [0.1, 0.15) is 46.5 Å². The SMILES string of the molecule is CCCC[S+]([O-])CCC(=O)SC(C)CC. The molecule has 0 aromatic carbocycles. The maximum absolute atomic E-state index is 11.4. The van der Waals surface area contributed by atoms with Crippen molar-refractivity contribution in [3.8, 4) is 0 Å². The summed E-state index contributed by atoms with van der Waals surface area (Å²) in [5.74, 6) is 1.29. The van der Waals surface area contributed by atoms with Crippen molar-refractivity contribution >= 4 is 28.1 Å². The molecule has 0 aromatic heterocycles. The molecule has 2 atom stereocenters. The van der Waals surface area contributed by atoms with Gasteiger partial charge in [0, 0.05) is 5.25 Å². The Morgan fingerprint density at radius 3 is 2.60 bits per heavy atom. The zero-order valence-corrected chi connectivity index (χ0v) is 11.6. The van der Waals surface area contributed by atoms with Gasteiger partial charge in [-0.15, -0.1) is 0 Å². The first-order valence-electron chi connectivity index (χ1n) is 5.64. The fraction of sp³-hybridized carbons (Fsp3) is 0.909. The molecule has 2 unspecified atom stereocenters. The number of carbonyl (C=O) groups excluding carboxylic acids is 1. The van der Waals surface area contributed by atoms with Crippen LogP contribution in [0.15, 0.2) is 0 Å². The van der Waals surface area contributed by atoms with Gasteiger partial charge in [0.25, 0.3) is 0 Å². The van der Waals surface area contributed by atoms with E-state index in [0.29, 0.717) is 17.4 Å². The van der Waals surface area contributed by atoms with Gasteiger partial charge in [-0.2, -0.15) is 0 Å². The molecular formula is C11H22O2S2.